The maximum atomic E-state index is 13.1. The van der Waals surface area contributed by atoms with Crippen molar-refractivity contribution in [2.24, 2.45) is 10.3 Å². The lowest BCUT2D eigenvalue weighted by atomic mass is 10.1. The van der Waals surface area contributed by atoms with Gasteiger partial charge in [-0.2, -0.15) is 0 Å². The van der Waals surface area contributed by atoms with Gasteiger partial charge in [-0.05, 0) is 30.3 Å². The number of fused-ring (bicyclic) bond motifs is 1. The largest absolute Gasteiger partial charge is 0.242 e. The summed E-state index contributed by atoms with van der Waals surface area (Å²) in [6.07, 6.45) is 0. The highest BCUT2D eigenvalue weighted by Crippen LogP contribution is 2.29. The molecule has 0 spiro atoms. The number of nitrogens with zero attached hydrogens (tertiary/aromatic N) is 3. The minimum absolute atomic E-state index is 0.242. The summed E-state index contributed by atoms with van der Waals surface area (Å²) in [5.74, 6) is -0.242. The molecule has 0 fully saturated rings. The van der Waals surface area contributed by atoms with Gasteiger partial charge in [0.05, 0.1) is 17.9 Å². The summed E-state index contributed by atoms with van der Waals surface area (Å²) in [6.45, 7) is 0.542. The molecular weight excluding hydrogens is 217 g/mol. The predicted molar refractivity (Wildman–Crippen MR) is 63.5 cm³/mol. The van der Waals surface area contributed by atoms with Crippen LogP contribution >= 0.6 is 0 Å². The van der Waals surface area contributed by atoms with Crippen molar-refractivity contribution < 1.29 is 4.39 Å². The zero-order valence-corrected chi connectivity index (χ0v) is 9.05. The average molecular weight is 227 g/mol. The van der Waals surface area contributed by atoms with Gasteiger partial charge in [0.1, 0.15) is 5.82 Å². The van der Waals surface area contributed by atoms with Gasteiger partial charge in [-0.1, -0.05) is 23.4 Å². The van der Waals surface area contributed by atoms with Crippen LogP contribution in [0.25, 0.3) is 0 Å². The molecule has 1 aliphatic heterocycles. The van der Waals surface area contributed by atoms with E-state index in [-0.39, 0.29) is 5.82 Å². The average Bonchev–Trinajstić information content (AvgIpc) is 2.39. The standard InChI is InChI=1S/C13H10FN3/c14-11-6-7-13-10(8-11)9-17(16-15-13)12-4-2-1-3-5-12/h1-8H,9H2. The normalized spacial score (nSPS) is 13.6. The number of para-hydroxylation sites is 1. The third-order valence-corrected chi connectivity index (χ3v) is 2.68. The van der Waals surface area contributed by atoms with Crippen LogP contribution in [0, 0.1) is 5.82 Å². The van der Waals surface area contributed by atoms with Gasteiger partial charge < -0.3 is 0 Å². The predicted octanol–water partition coefficient (Wildman–Crippen LogP) is 3.84. The molecule has 0 bridgehead atoms. The lowest BCUT2D eigenvalue weighted by Gasteiger charge is -2.22. The number of rotatable bonds is 1. The Morgan fingerprint density at radius 3 is 2.71 bits per heavy atom. The SMILES string of the molecule is Fc1ccc2c(c1)CN(c1ccccc1)N=N2. The first-order chi connectivity index (χ1) is 8.33. The van der Waals surface area contributed by atoms with E-state index in [1.807, 2.05) is 30.3 Å². The number of anilines is 1. The Bertz CT molecular complexity index is 566. The molecule has 2 aromatic rings. The topological polar surface area (TPSA) is 28.0 Å². The van der Waals surface area contributed by atoms with Crippen LogP contribution in [0.2, 0.25) is 0 Å². The second-order valence-electron chi connectivity index (χ2n) is 3.86. The lowest BCUT2D eigenvalue weighted by Crippen LogP contribution is -2.17. The molecule has 0 aromatic heterocycles. The molecule has 0 aliphatic carbocycles. The van der Waals surface area contributed by atoms with Gasteiger partial charge in [-0.3, -0.25) is 0 Å². The van der Waals surface area contributed by atoms with Crippen LogP contribution in [0.15, 0.2) is 58.9 Å². The highest BCUT2D eigenvalue weighted by atomic mass is 19.1. The van der Waals surface area contributed by atoms with Crippen molar-refractivity contribution in [1.29, 1.82) is 0 Å². The van der Waals surface area contributed by atoms with Gasteiger partial charge in [0, 0.05) is 5.56 Å². The first-order valence-corrected chi connectivity index (χ1v) is 5.35. The molecule has 0 saturated carbocycles. The molecule has 84 valence electrons. The minimum Gasteiger partial charge on any atom is -0.242 e. The minimum atomic E-state index is -0.242. The molecule has 1 heterocycles. The molecule has 0 unspecified atom stereocenters. The third-order valence-electron chi connectivity index (χ3n) is 2.68. The molecule has 3 nitrogen and oxygen atoms in total. The Hall–Kier alpha value is -2.23. The monoisotopic (exact) mass is 227 g/mol. The van der Waals surface area contributed by atoms with E-state index in [1.54, 1.807) is 11.1 Å². The van der Waals surface area contributed by atoms with E-state index in [2.05, 4.69) is 10.3 Å². The molecule has 2 aromatic carbocycles. The first-order valence-electron chi connectivity index (χ1n) is 5.35. The molecule has 4 heteroatoms. The van der Waals surface area contributed by atoms with Crippen LogP contribution in [0.3, 0.4) is 0 Å². The van der Waals surface area contributed by atoms with E-state index >= 15 is 0 Å². The van der Waals surface area contributed by atoms with E-state index in [9.17, 15) is 4.39 Å². The van der Waals surface area contributed by atoms with Gasteiger partial charge in [-0.15, -0.1) is 5.11 Å². The lowest BCUT2D eigenvalue weighted by molar-refractivity contribution is 0.622. The summed E-state index contributed by atoms with van der Waals surface area (Å²) in [7, 11) is 0. The Kier molecular flexibility index (Phi) is 2.33. The van der Waals surface area contributed by atoms with E-state index in [0.29, 0.717) is 6.54 Å². The molecule has 0 saturated heterocycles. The van der Waals surface area contributed by atoms with Crippen molar-refractivity contribution in [3.63, 3.8) is 0 Å². The van der Waals surface area contributed by atoms with Crippen LogP contribution in [0.4, 0.5) is 15.8 Å². The zero-order chi connectivity index (χ0) is 11.7. The molecule has 3 rings (SSSR count). The van der Waals surface area contributed by atoms with Gasteiger partial charge in [-0.25, -0.2) is 9.40 Å². The fourth-order valence-corrected chi connectivity index (χ4v) is 1.82. The van der Waals surface area contributed by atoms with Crippen LogP contribution in [0.1, 0.15) is 5.56 Å². The Labute approximate surface area is 98.2 Å². The molecule has 0 radical (unpaired) electrons. The third kappa shape index (κ3) is 1.89. The molecule has 17 heavy (non-hydrogen) atoms. The van der Waals surface area contributed by atoms with Gasteiger partial charge in [0.2, 0.25) is 0 Å². The number of halogens is 1. The summed E-state index contributed by atoms with van der Waals surface area (Å²) in [4.78, 5) is 0. The van der Waals surface area contributed by atoms with E-state index in [0.717, 1.165) is 16.9 Å². The summed E-state index contributed by atoms with van der Waals surface area (Å²) < 4.78 is 13.1. The summed E-state index contributed by atoms with van der Waals surface area (Å²) in [6, 6.07) is 14.3. The summed E-state index contributed by atoms with van der Waals surface area (Å²) in [5, 5.41) is 9.93. The van der Waals surface area contributed by atoms with Crippen molar-refractivity contribution in [3.8, 4) is 0 Å². The van der Waals surface area contributed by atoms with Crippen molar-refractivity contribution in [2.45, 2.75) is 6.54 Å². The van der Waals surface area contributed by atoms with Crippen molar-refractivity contribution in [3.05, 3.63) is 59.9 Å². The molecular formula is C13H10FN3. The first kappa shape index (κ1) is 9.96. The van der Waals surface area contributed by atoms with Crippen LogP contribution in [-0.2, 0) is 6.54 Å². The molecule has 1 aliphatic rings. The Morgan fingerprint density at radius 2 is 1.88 bits per heavy atom. The number of benzene rings is 2. The van der Waals surface area contributed by atoms with Crippen LogP contribution in [-0.4, -0.2) is 0 Å². The zero-order valence-electron chi connectivity index (χ0n) is 9.05. The van der Waals surface area contributed by atoms with Gasteiger partial charge in [0.15, 0.2) is 0 Å². The highest BCUT2D eigenvalue weighted by Gasteiger charge is 2.14. The second kappa shape index (κ2) is 3.97. The van der Waals surface area contributed by atoms with Gasteiger partial charge >= 0.3 is 0 Å². The van der Waals surface area contributed by atoms with E-state index < -0.39 is 0 Å². The molecule has 0 atom stereocenters. The van der Waals surface area contributed by atoms with Crippen molar-refractivity contribution in [2.75, 3.05) is 5.01 Å². The quantitative estimate of drug-likeness (QED) is 0.727. The van der Waals surface area contributed by atoms with Crippen LogP contribution in [0.5, 0.6) is 0 Å². The van der Waals surface area contributed by atoms with E-state index in [1.165, 1.54) is 12.1 Å². The van der Waals surface area contributed by atoms with Gasteiger partial charge in [0.25, 0.3) is 0 Å². The Morgan fingerprint density at radius 1 is 1.06 bits per heavy atom. The highest BCUT2D eigenvalue weighted by molar-refractivity contribution is 5.53. The van der Waals surface area contributed by atoms with Crippen molar-refractivity contribution >= 4 is 11.4 Å². The van der Waals surface area contributed by atoms with E-state index in [4.69, 9.17) is 0 Å². The fourth-order valence-electron chi connectivity index (χ4n) is 1.82. The summed E-state index contributed by atoms with van der Waals surface area (Å²) in [5.41, 5.74) is 2.54. The molecule has 0 amide bonds. The van der Waals surface area contributed by atoms with Crippen LogP contribution < -0.4 is 5.01 Å². The summed E-state index contributed by atoms with van der Waals surface area (Å²) >= 11 is 0. The maximum Gasteiger partial charge on any atom is 0.123 e. The Balaban J connectivity index is 1.95. The smallest absolute Gasteiger partial charge is 0.123 e. The fraction of sp³-hybridized carbons (Fsp3) is 0.0769. The number of hydrogen-bond donors (Lipinski definition) is 0. The number of hydrogen-bond acceptors (Lipinski definition) is 3. The molecule has 0 N–H and O–H groups in total. The maximum absolute atomic E-state index is 13.1. The second-order valence-corrected chi connectivity index (χ2v) is 3.86. The van der Waals surface area contributed by atoms with Crippen molar-refractivity contribution in [1.82, 2.24) is 0 Å².